The Bertz CT molecular complexity index is 1940. The number of fused-ring (bicyclic) bond motifs is 2. The minimum Gasteiger partial charge on any atom is -0.494 e. The first-order valence-electron chi connectivity index (χ1n) is 13.8. The number of alkyl halides is 3. The molecule has 2 aromatic heterocycles. The number of halogens is 6. The van der Waals surface area contributed by atoms with Crippen molar-refractivity contribution in [3.8, 4) is 22.8 Å². The molecule has 46 heavy (non-hydrogen) atoms. The number of nitrogens with one attached hydrogen (secondary N) is 1. The lowest BCUT2D eigenvalue weighted by atomic mass is 9.80. The second kappa shape index (κ2) is 10.8. The van der Waals surface area contributed by atoms with E-state index in [0.29, 0.717) is 4.68 Å². The molecule has 2 atom stereocenters. The maximum absolute atomic E-state index is 16.1. The highest BCUT2D eigenvalue weighted by Crippen LogP contribution is 2.55. The fourth-order valence-electron chi connectivity index (χ4n) is 5.51. The molecular formula is C30H25ClF5N5O5. The number of carbonyl (C=O) groups excluding carboxylic acids is 2. The number of nitrogens with zero attached hydrogens (tertiary/aromatic N) is 3. The smallest absolute Gasteiger partial charge is 0.333 e. The lowest BCUT2D eigenvalue weighted by Gasteiger charge is -2.33. The number of aliphatic hydroxyl groups is 1. The van der Waals surface area contributed by atoms with Crippen molar-refractivity contribution in [2.45, 2.75) is 43.0 Å². The number of primary amides is 1. The number of hydrogen-bond acceptors (Lipinski definition) is 7. The van der Waals surface area contributed by atoms with Crippen LogP contribution in [0, 0.1) is 11.6 Å². The van der Waals surface area contributed by atoms with Gasteiger partial charge in [-0.05, 0) is 50.1 Å². The third-order valence-electron chi connectivity index (χ3n) is 8.54. The first kappa shape index (κ1) is 31.5. The zero-order chi connectivity index (χ0) is 33.3. The van der Waals surface area contributed by atoms with Gasteiger partial charge in [0.15, 0.2) is 17.2 Å². The van der Waals surface area contributed by atoms with E-state index in [9.17, 15) is 32.3 Å². The molecule has 4 aromatic rings. The van der Waals surface area contributed by atoms with Crippen LogP contribution in [0.3, 0.4) is 0 Å². The number of benzene rings is 2. The second-order valence-corrected chi connectivity index (χ2v) is 11.8. The minimum atomic E-state index is -2.95. The summed E-state index contributed by atoms with van der Waals surface area (Å²) in [4.78, 5) is 30.3. The molecule has 0 saturated heterocycles. The van der Waals surface area contributed by atoms with Crippen molar-refractivity contribution in [1.29, 1.82) is 0 Å². The van der Waals surface area contributed by atoms with Crippen LogP contribution < -0.4 is 20.5 Å². The topological polar surface area (TPSA) is 142 Å². The van der Waals surface area contributed by atoms with E-state index in [-0.39, 0.29) is 69.9 Å². The number of ether oxygens (including phenoxy) is 2. The van der Waals surface area contributed by atoms with E-state index < -0.39 is 58.3 Å². The third-order valence-corrected chi connectivity index (χ3v) is 8.91. The highest BCUT2D eigenvalue weighted by Gasteiger charge is 2.62. The van der Waals surface area contributed by atoms with Crippen LogP contribution in [0.5, 0.6) is 11.5 Å². The van der Waals surface area contributed by atoms with Crippen molar-refractivity contribution in [2.24, 2.45) is 5.73 Å². The van der Waals surface area contributed by atoms with Gasteiger partial charge in [0.05, 0.1) is 24.4 Å². The minimum absolute atomic E-state index is 0.0144. The molecule has 16 heteroatoms. The van der Waals surface area contributed by atoms with Crippen molar-refractivity contribution in [2.75, 3.05) is 20.3 Å². The molecule has 1 unspecified atom stereocenters. The van der Waals surface area contributed by atoms with Gasteiger partial charge in [-0.3, -0.25) is 9.59 Å². The molecule has 3 heterocycles. The van der Waals surface area contributed by atoms with Gasteiger partial charge >= 0.3 is 6.55 Å². The normalized spacial score (nSPS) is 19.4. The molecule has 0 bridgehead atoms. The summed E-state index contributed by atoms with van der Waals surface area (Å²) in [5.41, 5.74) is -1.34. The molecule has 6 rings (SSSR count). The fourth-order valence-corrected chi connectivity index (χ4v) is 5.75. The summed E-state index contributed by atoms with van der Waals surface area (Å²) in [6.07, 6.45) is 0.763. The standard InChI is InChI=1S/C30H25ClF5N5O5/c1-28(26(37)43)12-46-24-16(28)9-19(39-23(24)15-3-4-17(32)21(33)20(15)31)30(44,29(36)5-6-29)11-38-25(42)13-7-14-10-41(27(34)35)40-22(14)18(8-13)45-2/h3-4,7-10,27,44H,5-6,11-12H2,1-2H3,(H2,37,43)(H,38,42)/t28-,30?/m0/s1. The Morgan fingerprint density at radius 3 is 2.61 bits per heavy atom. The van der Waals surface area contributed by atoms with Gasteiger partial charge in [0.2, 0.25) is 5.91 Å². The Morgan fingerprint density at radius 1 is 1.26 bits per heavy atom. The highest BCUT2D eigenvalue weighted by atomic mass is 35.5. The summed E-state index contributed by atoms with van der Waals surface area (Å²) in [7, 11) is 1.26. The number of methoxy groups -OCH3 is 1. The number of pyridine rings is 1. The maximum atomic E-state index is 16.1. The van der Waals surface area contributed by atoms with E-state index in [2.05, 4.69) is 15.4 Å². The van der Waals surface area contributed by atoms with Crippen LogP contribution in [0.4, 0.5) is 22.0 Å². The summed E-state index contributed by atoms with van der Waals surface area (Å²) < 4.78 is 82.5. The number of amides is 2. The fraction of sp³-hybridized carbons (Fsp3) is 0.333. The van der Waals surface area contributed by atoms with E-state index >= 15 is 4.39 Å². The van der Waals surface area contributed by atoms with Crippen LogP contribution >= 0.6 is 11.6 Å². The van der Waals surface area contributed by atoms with Gasteiger partial charge in [-0.15, -0.1) is 0 Å². The zero-order valence-corrected chi connectivity index (χ0v) is 24.9. The molecule has 0 radical (unpaired) electrons. The largest absolute Gasteiger partial charge is 0.494 e. The molecular weight excluding hydrogens is 641 g/mol. The molecule has 2 aromatic carbocycles. The van der Waals surface area contributed by atoms with Gasteiger partial charge in [0, 0.05) is 28.3 Å². The Hall–Kier alpha value is -4.50. The van der Waals surface area contributed by atoms with E-state index in [4.69, 9.17) is 26.8 Å². The summed E-state index contributed by atoms with van der Waals surface area (Å²) in [6, 6.07) is 5.64. The third kappa shape index (κ3) is 4.80. The molecule has 1 saturated carbocycles. The molecule has 2 amide bonds. The lowest BCUT2D eigenvalue weighted by Crippen LogP contribution is -2.49. The van der Waals surface area contributed by atoms with Crippen LogP contribution in [0.25, 0.3) is 22.2 Å². The van der Waals surface area contributed by atoms with Gasteiger partial charge < -0.3 is 25.6 Å². The number of hydrogen-bond donors (Lipinski definition) is 3. The Kier molecular flexibility index (Phi) is 7.39. The molecule has 2 aliphatic rings. The summed E-state index contributed by atoms with van der Waals surface area (Å²) >= 11 is 6.14. The van der Waals surface area contributed by atoms with Crippen LogP contribution in [0.1, 0.15) is 47.9 Å². The number of carbonyl (C=O) groups is 2. The summed E-state index contributed by atoms with van der Waals surface area (Å²) in [5.74, 6) is -4.35. The Morgan fingerprint density at radius 2 is 1.98 bits per heavy atom. The Balaban J connectivity index is 1.44. The molecule has 0 spiro atoms. The van der Waals surface area contributed by atoms with Crippen LogP contribution in [-0.2, 0) is 15.8 Å². The zero-order valence-electron chi connectivity index (χ0n) is 24.1. The van der Waals surface area contributed by atoms with Gasteiger partial charge in [-0.1, -0.05) is 11.6 Å². The molecule has 1 aliphatic heterocycles. The van der Waals surface area contributed by atoms with Crippen molar-refractivity contribution in [1.82, 2.24) is 20.1 Å². The van der Waals surface area contributed by atoms with Crippen LogP contribution in [0.2, 0.25) is 5.02 Å². The molecule has 242 valence electrons. The van der Waals surface area contributed by atoms with Crippen molar-refractivity contribution in [3.05, 3.63) is 70.0 Å². The number of rotatable bonds is 9. The molecule has 4 N–H and O–H groups in total. The predicted molar refractivity (Wildman–Crippen MR) is 153 cm³/mol. The highest BCUT2D eigenvalue weighted by molar-refractivity contribution is 6.33. The van der Waals surface area contributed by atoms with E-state index in [1.807, 2.05) is 0 Å². The quantitative estimate of drug-likeness (QED) is 0.174. The van der Waals surface area contributed by atoms with Crippen molar-refractivity contribution >= 4 is 34.3 Å². The van der Waals surface area contributed by atoms with Gasteiger partial charge in [0.25, 0.3) is 5.91 Å². The first-order valence-corrected chi connectivity index (χ1v) is 14.2. The van der Waals surface area contributed by atoms with Gasteiger partial charge in [-0.25, -0.2) is 22.8 Å². The van der Waals surface area contributed by atoms with Crippen molar-refractivity contribution in [3.63, 3.8) is 0 Å². The van der Waals surface area contributed by atoms with Crippen LogP contribution in [0.15, 0.2) is 36.5 Å². The van der Waals surface area contributed by atoms with Gasteiger partial charge in [-0.2, -0.15) is 13.9 Å². The predicted octanol–water partition coefficient (Wildman–Crippen LogP) is 4.69. The maximum Gasteiger partial charge on any atom is 0.333 e. The Labute approximate surface area is 262 Å². The SMILES string of the molecule is COc1cc(C(=O)NCC(O)(c2cc3c(c(-c4ccc(F)c(F)c4Cl)n2)OC[C@]3(C)C(N)=O)C2(F)CC2)cc2cn(C(F)F)nc12. The van der Waals surface area contributed by atoms with E-state index in [0.717, 1.165) is 18.3 Å². The van der Waals surface area contributed by atoms with Gasteiger partial charge in [0.1, 0.15) is 40.4 Å². The summed E-state index contributed by atoms with van der Waals surface area (Å²) in [6.45, 7) is -2.54. The average molecular weight is 666 g/mol. The average Bonchev–Trinajstić information content (AvgIpc) is 3.48. The second-order valence-electron chi connectivity index (χ2n) is 11.5. The molecule has 10 nitrogen and oxygen atoms in total. The summed E-state index contributed by atoms with van der Waals surface area (Å²) in [5, 5.41) is 17.7. The van der Waals surface area contributed by atoms with E-state index in [1.54, 1.807) is 0 Å². The molecule has 1 fully saturated rings. The first-order chi connectivity index (χ1) is 21.6. The monoisotopic (exact) mass is 665 g/mol. The lowest BCUT2D eigenvalue weighted by molar-refractivity contribution is -0.123. The molecule has 1 aliphatic carbocycles. The number of aromatic nitrogens is 3. The van der Waals surface area contributed by atoms with E-state index in [1.165, 1.54) is 32.2 Å². The van der Waals surface area contributed by atoms with Crippen molar-refractivity contribution < 1.29 is 46.1 Å². The van der Waals surface area contributed by atoms with Crippen LogP contribution in [-0.4, -0.2) is 57.6 Å². The number of nitrogens with two attached hydrogens (primary N) is 1.